The minimum absolute atomic E-state index is 0.268. The Morgan fingerprint density at radius 3 is 2.44 bits per heavy atom. The lowest BCUT2D eigenvalue weighted by atomic mass is 9.82. The second-order valence-corrected chi connectivity index (χ2v) is 5.82. The third-order valence-electron chi connectivity index (χ3n) is 4.79. The fourth-order valence-electron chi connectivity index (χ4n) is 3.69. The Morgan fingerprint density at radius 1 is 1.12 bits per heavy atom. The molecule has 4 aliphatic heterocycles. The normalized spacial score (nSPS) is 44.9. The van der Waals surface area contributed by atoms with Crippen LogP contribution in [0.25, 0.3) is 0 Å². The second-order valence-electron chi connectivity index (χ2n) is 5.82. The Morgan fingerprint density at radius 2 is 1.88 bits per heavy atom. The maximum absolute atomic E-state index is 11.5. The lowest BCUT2D eigenvalue weighted by Gasteiger charge is -2.50. The van der Waals surface area contributed by atoms with Crippen LogP contribution in [-0.4, -0.2) is 54.3 Å². The molecule has 0 aromatic heterocycles. The first-order valence-corrected chi connectivity index (χ1v) is 6.73. The van der Waals surface area contributed by atoms with Gasteiger partial charge in [-0.25, -0.2) is 0 Å². The maximum Gasteiger partial charge on any atom is 0.138 e. The molecule has 0 amide bonds. The van der Waals surface area contributed by atoms with E-state index < -0.39 is 0 Å². The predicted octanol–water partition coefficient (Wildman–Crippen LogP) is 0.991. The molecule has 90 valence electrons. The lowest BCUT2D eigenvalue weighted by Crippen LogP contribution is -2.59. The number of likely N-dealkylation sites (tertiary alicyclic amines) is 1. The van der Waals surface area contributed by atoms with E-state index in [2.05, 4.69) is 16.7 Å². The Labute approximate surface area is 97.8 Å². The molecule has 4 heterocycles. The predicted molar refractivity (Wildman–Crippen MR) is 63.3 cm³/mol. The van der Waals surface area contributed by atoms with Crippen LogP contribution in [-0.2, 0) is 4.79 Å². The molecule has 2 atom stereocenters. The summed E-state index contributed by atoms with van der Waals surface area (Å²) >= 11 is 0. The number of rotatable bonds is 1. The van der Waals surface area contributed by atoms with E-state index >= 15 is 0 Å². The molecule has 3 nitrogen and oxygen atoms in total. The SMILES string of the molecule is CC1CN(C2CN3CCC2CC3)CCC1=O. The number of piperidine rings is 4. The quantitative estimate of drug-likeness (QED) is 0.661. The Kier molecular flexibility index (Phi) is 2.76. The van der Waals surface area contributed by atoms with Gasteiger partial charge in [-0.05, 0) is 31.8 Å². The molecule has 0 radical (unpaired) electrons. The van der Waals surface area contributed by atoms with Gasteiger partial charge in [0.1, 0.15) is 5.78 Å². The smallest absolute Gasteiger partial charge is 0.138 e. The molecule has 0 aromatic rings. The van der Waals surface area contributed by atoms with Crippen LogP contribution in [0.2, 0.25) is 0 Å². The van der Waals surface area contributed by atoms with Crippen LogP contribution >= 0.6 is 0 Å². The second kappa shape index (κ2) is 4.11. The maximum atomic E-state index is 11.5. The Hall–Kier alpha value is -0.410. The molecule has 0 spiro atoms. The van der Waals surface area contributed by atoms with E-state index in [1.807, 2.05) is 0 Å². The molecule has 4 aliphatic rings. The van der Waals surface area contributed by atoms with E-state index in [1.54, 1.807) is 0 Å². The van der Waals surface area contributed by atoms with Crippen LogP contribution in [0, 0.1) is 11.8 Å². The van der Waals surface area contributed by atoms with Crippen molar-refractivity contribution in [3.05, 3.63) is 0 Å². The van der Waals surface area contributed by atoms with Crippen LogP contribution < -0.4 is 0 Å². The van der Waals surface area contributed by atoms with E-state index in [-0.39, 0.29) is 5.92 Å². The third kappa shape index (κ3) is 1.80. The highest BCUT2D eigenvalue weighted by Gasteiger charge is 2.39. The highest BCUT2D eigenvalue weighted by molar-refractivity contribution is 5.81. The molecular weight excluding hydrogens is 200 g/mol. The van der Waals surface area contributed by atoms with Crippen molar-refractivity contribution in [2.45, 2.75) is 32.2 Å². The Balaban J connectivity index is 1.67. The van der Waals surface area contributed by atoms with Crippen molar-refractivity contribution in [2.24, 2.45) is 11.8 Å². The van der Waals surface area contributed by atoms with Gasteiger partial charge in [0.05, 0.1) is 0 Å². The van der Waals surface area contributed by atoms with Gasteiger partial charge in [0.25, 0.3) is 0 Å². The van der Waals surface area contributed by atoms with Crippen molar-refractivity contribution in [1.82, 2.24) is 9.80 Å². The molecule has 3 heteroatoms. The number of Topliss-reactive ketones (excluding diaryl/α,β-unsaturated/α-hetero) is 1. The molecule has 0 saturated carbocycles. The van der Waals surface area contributed by atoms with Crippen LogP contribution in [0.15, 0.2) is 0 Å². The summed E-state index contributed by atoms with van der Waals surface area (Å²) in [5.74, 6) is 1.65. The number of ketones is 1. The van der Waals surface area contributed by atoms with Crippen LogP contribution in [0.1, 0.15) is 26.2 Å². The van der Waals surface area contributed by atoms with Gasteiger partial charge in [-0.1, -0.05) is 6.92 Å². The van der Waals surface area contributed by atoms with Crippen LogP contribution in [0.5, 0.6) is 0 Å². The first-order chi connectivity index (χ1) is 7.74. The molecular formula is C13H22N2O. The van der Waals surface area contributed by atoms with Gasteiger partial charge in [0, 0.05) is 38.0 Å². The van der Waals surface area contributed by atoms with E-state index in [9.17, 15) is 4.79 Å². The number of hydrogen-bond acceptors (Lipinski definition) is 3. The van der Waals surface area contributed by atoms with Crippen LogP contribution in [0.4, 0.5) is 0 Å². The van der Waals surface area contributed by atoms with E-state index in [4.69, 9.17) is 0 Å². The molecule has 2 bridgehead atoms. The fourth-order valence-corrected chi connectivity index (χ4v) is 3.69. The van der Waals surface area contributed by atoms with Gasteiger partial charge in [-0.3, -0.25) is 9.69 Å². The van der Waals surface area contributed by atoms with Gasteiger partial charge in [-0.15, -0.1) is 0 Å². The molecule has 0 N–H and O–H groups in total. The molecule has 0 aliphatic carbocycles. The summed E-state index contributed by atoms with van der Waals surface area (Å²) in [6, 6.07) is 0.748. The van der Waals surface area contributed by atoms with Gasteiger partial charge >= 0.3 is 0 Å². The zero-order chi connectivity index (χ0) is 11.1. The minimum atomic E-state index is 0.268. The number of carbonyl (C=O) groups is 1. The van der Waals surface area contributed by atoms with Gasteiger partial charge < -0.3 is 4.90 Å². The number of carbonyl (C=O) groups excluding carboxylic acids is 1. The van der Waals surface area contributed by atoms with E-state index in [0.29, 0.717) is 5.78 Å². The lowest BCUT2D eigenvalue weighted by molar-refractivity contribution is -0.127. The fraction of sp³-hybridized carbons (Fsp3) is 0.923. The first kappa shape index (κ1) is 10.7. The standard InChI is InChI=1S/C13H22N2O/c1-10-8-15(7-4-13(10)16)12-9-14-5-2-11(12)3-6-14/h10-12H,2-9H2,1H3. The summed E-state index contributed by atoms with van der Waals surface area (Å²) in [6.07, 6.45) is 3.54. The first-order valence-electron chi connectivity index (χ1n) is 6.73. The summed E-state index contributed by atoms with van der Waals surface area (Å²) in [7, 11) is 0. The van der Waals surface area contributed by atoms with E-state index in [0.717, 1.165) is 31.5 Å². The molecule has 4 saturated heterocycles. The molecule has 4 rings (SSSR count). The van der Waals surface area contributed by atoms with Gasteiger partial charge in [0.2, 0.25) is 0 Å². The monoisotopic (exact) mass is 222 g/mol. The molecule has 0 aromatic carbocycles. The summed E-state index contributed by atoms with van der Waals surface area (Å²) in [4.78, 5) is 16.7. The van der Waals surface area contributed by atoms with Gasteiger partial charge in [-0.2, -0.15) is 0 Å². The highest BCUT2D eigenvalue weighted by Crippen LogP contribution is 2.32. The van der Waals surface area contributed by atoms with Crippen molar-refractivity contribution in [3.63, 3.8) is 0 Å². The summed E-state index contributed by atoms with van der Waals surface area (Å²) in [5, 5.41) is 0. The zero-order valence-corrected chi connectivity index (χ0v) is 10.2. The average Bonchev–Trinajstić information content (AvgIpc) is 2.34. The number of hydrogen-bond donors (Lipinski definition) is 0. The van der Waals surface area contributed by atoms with Gasteiger partial charge in [0.15, 0.2) is 0 Å². The highest BCUT2D eigenvalue weighted by atomic mass is 16.1. The average molecular weight is 222 g/mol. The van der Waals surface area contributed by atoms with Crippen molar-refractivity contribution < 1.29 is 4.79 Å². The zero-order valence-electron chi connectivity index (χ0n) is 10.2. The topological polar surface area (TPSA) is 23.6 Å². The molecule has 4 fully saturated rings. The van der Waals surface area contributed by atoms with Crippen molar-refractivity contribution >= 4 is 5.78 Å². The Bertz CT molecular complexity index is 284. The van der Waals surface area contributed by atoms with Crippen molar-refractivity contribution in [3.8, 4) is 0 Å². The molecule has 2 unspecified atom stereocenters. The van der Waals surface area contributed by atoms with Crippen molar-refractivity contribution in [1.29, 1.82) is 0 Å². The summed E-state index contributed by atoms with van der Waals surface area (Å²) in [6.45, 7) is 7.99. The summed E-state index contributed by atoms with van der Waals surface area (Å²) in [5.41, 5.74) is 0. The summed E-state index contributed by atoms with van der Waals surface area (Å²) < 4.78 is 0. The van der Waals surface area contributed by atoms with Crippen LogP contribution in [0.3, 0.4) is 0 Å². The molecule has 16 heavy (non-hydrogen) atoms. The minimum Gasteiger partial charge on any atom is -0.302 e. The number of fused-ring (bicyclic) bond motifs is 3. The number of nitrogens with zero attached hydrogens (tertiary/aromatic N) is 2. The van der Waals surface area contributed by atoms with Crippen molar-refractivity contribution in [2.75, 3.05) is 32.7 Å². The largest absolute Gasteiger partial charge is 0.302 e. The third-order valence-corrected chi connectivity index (χ3v) is 4.79. The van der Waals surface area contributed by atoms with E-state index in [1.165, 1.54) is 32.5 Å².